The molecule has 9 heavy (non-hydrogen) atoms. The van der Waals surface area contributed by atoms with Gasteiger partial charge in [-0.25, -0.2) is 0 Å². The van der Waals surface area contributed by atoms with Gasteiger partial charge < -0.3 is 4.48 Å². The Morgan fingerprint density at radius 2 is 1.67 bits per heavy atom. The van der Waals surface area contributed by atoms with E-state index in [2.05, 4.69) is 14.0 Å². The van der Waals surface area contributed by atoms with Gasteiger partial charge in [0.15, 0.2) is 0 Å². The molecule has 1 heterocycles. The Morgan fingerprint density at radius 3 is 1.89 bits per heavy atom. The largest absolute Gasteiger partial charge is 1.00 e. The molecule has 0 aliphatic carbocycles. The van der Waals surface area contributed by atoms with Gasteiger partial charge in [-0.3, -0.25) is 0 Å². The SMILES string of the molecule is CC[N+]1(C)CCCC1.[Na+]. The van der Waals surface area contributed by atoms with Gasteiger partial charge in [-0.1, -0.05) is 0 Å². The summed E-state index contributed by atoms with van der Waals surface area (Å²) in [6.45, 7) is 6.43. The van der Waals surface area contributed by atoms with E-state index in [1.165, 1.54) is 37.0 Å². The van der Waals surface area contributed by atoms with Crippen LogP contribution in [-0.2, 0) is 0 Å². The van der Waals surface area contributed by atoms with Crippen molar-refractivity contribution in [1.82, 2.24) is 0 Å². The van der Waals surface area contributed by atoms with E-state index in [1.54, 1.807) is 0 Å². The summed E-state index contributed by atoms with van der Waals surface area (Å²) < 4.78 is 1.32. The van der Waals surface area contributed by atoms with Crippen LogP contribution in [0.3, 0.4) is 0 Å². The second kappa shape index (κ2) is 3.97. The molecule has 0 N–H and O–H groups in total. The second-order valence-corrected chi connectivity index (χ2v) is 3.09. The normalized spacial score (nSPS) is 23.3. The molecule has 0 amide bonds. The second-order valence-electron chi connectivity index (χ2n) is 3.09. The summed E-state index contributed by atoms with van der Waals surface area (Å²) in [7, 11) is 2.35. The molecule has 0 radical (unpaired) electrons. The number of nitrogens with zero attached hydrogens (tertiary/aromatic N) is 1. The van der Waals surface area contributed by atoms with E-state index >= 15 is 0 Å². The van der Waals surface area contributed by atoms with Crippen LogP contribution in [0.4, 0.5) is 0 Å². The molecule has 0 saturated carbocycles. The van der Waals surface area contributed by atoms with Gasteiger partial charge in [0, 0.05) is 12.8 Å². The van der Waals surface area contributed by atoms with Crippen LogP contribution in [0.15, 0.2) is 0 Å². The minimum Gasteiger partial charge on any atom is -0.326 e. The van der Waals surface area contributed by atoms with Crippen molar-refractivity contribution in [3.8, 4) is 0 Å². The monoisotopic (exact) mass is 137 g/mol. The van der Waals surface area contributed by atoms with E-state index in [4.69, 9.17) is 0 Å². The molecule has 2 heteroatoms. The van der Waals surface area contributed by atoms with Crippen molar-refractivity contribution in [2.75, 3.05) is 26.7 Å². The van der Waals surface area contributed by atoms with Crippen LogP contribution < -0.4 is 29.6 Å². The summed E-state index contributed by atoms with van der Waals surface area (Å²) in [5.74, 6) is 0. The molecule has 48 valence electrons. The topological polar surface area (TPSA) is 0 Å². The first-order chi connectivity index (χ1) is 3.77. The van der Waals surface area contributed by atoms with Crippen LogP contribution in [0.1, 0.15) is 19.8 Å². The number of likely N-dealkylation sites (tertiary alicyclic amines) is 1. The Morgan fingerprint density at radius 1 is 1.22 bits per heavy atom. The van der Waals surface area contributed by atoms with Crippen LogP contribution in [0.5, 0.6) is 0 Å². The number of hydrogen-bond donors (Lipinski definition) is 0. The molecular formula is C7H16NNa+2. The first kappa shape index (κ1) is 9.96. The third kappa shape index (κ3) is 2.58. The van der Waals surface area contributed by atoms with Gasteiger partial charge in [0.1, 0.15) is 0 Å². The van der Waals surface area contributed by atoms with Gasteiger partial charge >= 0.3 is 29.6 Å². The Labute approximate surface area is 80.3 Å². The number of hydrogen-bond acceptors (Lipinski definition) is 0. The molecule has 1 fully saturated rings. The number of quaternary nitrogens is 1. The fraction of sp³-hybridized carbons (Fsp3) is 1.00. The maximum absolute atomic E-state index is 2.35. The molecule has 1 rings (SSSR count). The fourth-order valence-corrected chi connectivity index (χ4v) is 1.42. The van der Waals surface area contributed by atoms with Crippen LogP contribution >= 0.6 is 0 Å². The summed E-state index contributed by atoms with van der Waals surface area (Å²) in [4.78, 5) is 0. The fourth-order valence-electron chi connectivity index (χ4n) is 1.42. The summed E-state index contributed by atoms with van der Waals surface area (Å²) in [6, 6.07) is 0. The van der Waals surface area contributed by atoms with Crippen LogP contribution in [0.25, 0.3) is 0 Å². The van der Waals surface area contributed by atoms with E-state index in [0.29, 0.717) is 0 Å². The zero-order valence-corrected chi connectivity index (χ0v) is 8.98. The molecule has 1 nitrogen and oxygen atoms in total. The molecular weight excluding hydrogens is 121 g/mol. The Hall–Kier alpha value is 0.960. The maximum Gasteiger partial charge on any atom is 1.00 e. The van der Waals surface area contributed by atoms with Gasteiger partial charge in [0.05, 0.1) is 26.7 Å². The summed E-state index contributed by atoms with van der Waals surface area (Å²) in [6.07, 6.45) is 2.90. The third-order valence-electron chi connectivity index (χ3n) is 2.41. The van der Waals surface area contributed by atoms with Crippen molar-refractivity contribution in [2.24, 2.45) is 0 Å². The van der Waals surface area contributed by atoms with Crippen molar-refractivity contribution in [3.63, 3.8) is 0 Å². The molecule has 0 aromatic carbocycles. The Kier molecular flexibility index (Phi) is 4.39. The molecule has 0 unspecified atom stereocenters. The minimum absolute atomic E-state index is 0. The molecule has 0 bridgehead atoms. The molecule has 1 saturated heterocycles. The average Bonchev–Trinajstić information content (AvgIpc) is 2.17. The van der Waals surface area contributed by atoms with Crippen molar-refractivity contribution in [3.05, 3.63) is 0 Å². The predicted molar refractivity (Wildman–Crippen MR) is 35.7 cm³/mol. The first-order valence-corrected chi connectivity index (χ1v) is 3.60. The average molecular weight is 137 g/mol. The van der Waals surface area contributed by atoms with E-state index in [-0.39, 0.29) is 29.6 Å². The van der Waals surface area contributed by atoms with E-state index in [0.717, 1.165) is 0 Å². The minimum atomic E-state index is 0. The van der Waals surface area contributed by atoms with Crippen molar-refractivity contribution >= 4 is 0 Å². The van der Waals surface area contributed by atoms with Gasteiger partial charge in [-0.2, -0.15) is 0 Å². The van der Waals surface area contributed by atoms with Gasteiger partial charge in [-0.15, -0.1) is 0 Å². The van der Waals surface area contributed by atoms with E-state index in [9.17, 15) is 0 Å². The number of rotatable bonds is 1. The van der Waals surface area contributed by atoms with Crippen LogP contribution in [0, 0.1) is 0 Å². The Bertz CT molecular complexity index is 77.0. The first-order valence-electron chi connectivity index (χ1n) is 3.60. The van der Waals surface area contributed by atoms with Crippen LogP contribution in [0.2, 0.25) is 0 Å². The zero-order valence-electron chi connectivity index (χ0n) is 6.98. The van der Waals surface area contributed by atoms with Gasteiger partial charge in [0.2, 0.25) is 0 Å². The quantitative estimate of drug-likeness (QED) is 0.297. The third-order valence-corrected chi connectivity index (χ3v) is 2.41. The summed E-state index contributed by atoms with van der Waals surface area (Å²) >= 11 is 0. The molecule has 1 aliphatic rings. The smallest absolute Gasteiger partial charge is 0.326 e. The maximum atomic E-state index is 2.35. The summed E-state index contributed by atoms with van der Waals surface area (Å²) in [5, 5.41) is 0. The zero-order chi connectivity index (χ0) is 6.04. The van der Waals surface area contributed by atoms with Gasteiger partial charge in [-0.05, 0) is 6.92 Å². The predicted octanol–water partition coefficient (Wildman–Crippen LogP) is -1.75. The summed E-state index contributed by atoms with van der Waals surface area (Å²) in [5.41, 5.74) is 0. The molecule has 1 aliphatic heterocycles. The van der Waals surface area contributed by atoms with Gasteiger partial charge in [0.25, 0.3) is 0 Å². The van der Waals surface area contributed by atoms with Crippen molar-refractivity contribution < 1.29 is 34.0 Å². The molecule has 0 atom stereocenters. The molecule has 0 aromatic rings. The van der Waals surface area contributed by atoms with E-state index < -0.39 is 0 Å². The van der Waals surface area contributed by atoms with Crippen LogP contribution in [-0.4, -0.2) is 31.2 Å². The molecule has 0 spiro atoms. The van der Waals surface area contributed by atoms with E-state index in [1.807, 2.05) is 0 Å². The Balaban J connectivity index is 0.000000640. The van der Waals surface area contributed by atoms with Crippen molar-refractivity contribution in [1.29, 1.82) is 0 Å². The standard InChI is InChI=1S/C7H16N.Na/c1-3-8(2)6-4-5-7-8;/h3-7H2,1-2H3;/q2*+1. The molecule has 0 aromatic heterocycles. The van der Waals surface area contributed by atoms with Crippen molar-refractivity contribution in [2.45, 2.75) is 19.8 Å².